The number of ether oxygens (including phenoxy) is 3. The molecular formula is C20H19NO6. The highest BCUT2D eigenvalue weighted by Gasteiger charge is 2.51. The summed E-state index contributed by atoms with van der Waals surface area (Å²) in [5.74, 6) is -2.10. The summed E-state index contributed by atoms with van der Waals surface area (Å²) in [4.78, 5) is 19.3. The average Bonchev–Trinajstić information content (AvgIpc) is 2.90. The van der Waals surface area contributed by atoms with Crippen LogP contribution in [0.25, 0.3) is 0 Å². The van der Waals surface area contributed by atoms with Gasteiger partial charge in [-0.15, -0.1) is 0 Å². The highest BCUT2D eigenvalue weighted by atomic mass is 16.8. The molecule has 0 amide bonds. The van der Waals surface area contributed by atoms with Crippen LogP contribution in [0, 0.1) is 0 Å². The number of carbonyl (C=O) groups excluding carboxylic acids is 1. The largest absolute Gasteiger partial charge is 0.504 e. The molecule has 2 heterocycles. The summed E-state index contributed by atoms with van der Waals surface area (Å²) in [6.45, 7) is 0. The van der Waals surface area contributed by atoms with E-state index in [-0.39, 0.29) is 17.1 Å². The first kappa shape index (κ1) is 17.4. The molecule has 0 spiro atoms. The van der Waals surface area contributed by atoms with Crippen molar-refractivity contribution in [3.63, 3.8) is 0 Å². The number of aromatic hydroxyl groups is 1. The molecular weight excluding hydrogens is 350 g/mol. The first-order valence-corrected chi connectivity index (χ1v) is 8.37. The van der Waals surface area contributed by atoms with Crippen LogP contribution in [0.15, 0.2) is 48.6 Å². The molecule has 140 valence electrons. The Morgan fingerprint density at radius 3 is 2.52 bits per heavy atom. The van der Waals surface area contributed by atoms with Crippen molar-refractivity contribution in [2.24, 2.45) is 0 Å². The number of hydrogen-bond acceptors (Lipinski definition) is 7. The fourth-order valence-electron chi connectivity index (χ4n) is 3.50. The Morgan fingerprint density at radius 1 is 1.15 bits per heavy atom. The third kappa shape index (κ3) is 2.39. The SMILES string of the molecule is COc1cc2c(c(O)c1OC)C(=O)[C@]1(OC)C=C[C@H]2N(c2ccccc2)O1. The van der Waals surface area contributed by atoms with Crippen molar-refractivity contribution in [3.05, 3.63) is 59.7 Å². The van der Waals surface area contributed by atoms with Gasteiger partial charge in [0.25, 0.3) is 5.79 Å². The smallest absolute Gasteiger partial charge is 0.277 e. The summed E-state index contributed by atoms with van der Waals surface area (Å²) in [7, 11) is 4.25. The number of anilines is 1. The molecule has 0 aromatic heterocycles. The Morgan fingerprint density at radius 2 is 1.89 bits per heavy atom. The van der Waals surface area contributed by atoms with Gasteiger partial charge in [-0.25, -0.2) is 9.90 Å². The second kappa shape index (κ2) is 6.29. The predicted molar refractivity (Wildman–Crippen MR) is 97.2 cm³/mol. The number of benzene rings is 2. The number of carbonyl (C=O) groups is 1. The molecule has 27 heavy (non-hydrogen) atoms. The quantitative estimate of drug-likeness (QED) is 0.830. The van der Waals surface area contributed by atoms with E-state index in [2.05, 4.69) is 0 Å². The molecule has 0 saturated heterocycles. The minimum absolute atomic E-state index is 0.0860. The van der Waals surface area contributed by atoms with E-state index < -0.39 is 17.6 Å². The molecule has 2 aromatic carbocycles. The van der Waals surface area contributed by atoms with Crippen molar-refractivity contribution in [1.82, 2.24) is 0 Å². The molecule has 0 unspecified atom stereocenters. The van der Waals surface area contributed by atoms with E-state index in [1.165, 1.54) is 21.3 Å². The maximum absolute atomic E-state index is 13.3. The second-order valence-electron chi connectivity index (χ2n) is 6.18. The Kier molecular flexibility index (Phi) is 4.05. The van der Waals surface area contributed by atoms with Crippen LogP contribution in [0.2, 0.25) is 0 Å². The Bertz CT molecular complexity index is 926. The predicted octanol–water partition coefficient (Wildman–Crippen LogP) is 3.00. The minimum Gasteiger partial charge on any atom is -0.504 e. The first-order chi connectivity index (χ1) is 13.1. The number of hydrogen-bond donors (Lipinski definition) is 1. The van der Waals surface area contributed by atoms with Crippen LogP contribution in [-0.2, 0) is 9.57 Å². The number of phenolic OH excluding ortho intramolecular Hbond substituents is 1. The zero-order valence-electron chi connectivity index (χ0n) is 15.1. The number of para-hydroxylation sites is 1. The lowest BCUT2D eigenvalue weighted by Crippen LogP contribution is -2.48. The fourth-order valence-corrected chi connectivity index (χ4v) is 3.50. The molecule has 2 aromatic rings. The maximum atomic E-state index is 13.3. The summed E-state index contributed by atoms with van der Waals surface area (Å²) in [5, 5.41) is 12.4. The molecule has 0 fully saturated rings. The van der Waals surface area contributed by atoms with Crippen molar-refractivity contribution in [3.8, 4) is 17.2 Å². The van der Waals surface area contributed by atoms with Gasteiger partial charge >= 0.3 is 0 Å². The summed E-state index contributed by atoms with van der Waals surface area (Å²) < 4.78 is 16.1. The van der Waals surface area contributed by atoms with E-state index in [4.69, 9.17) is 19.0 Å². The number of fused-ring (bicyclic) bond motifs is 1. The van der Waals surface area contributed by atoms with Crippen molar-refractivity contribution < 1.29 is 28.9 Å². The molecule has 0 radical (unpaired) electrons. The molecule has 2 bridgehead atoms. The van der Waals surface area contributed by atoms with Gasteiger partial charge in [-0.05, 0) is 29.8 Å². The van der Waals surface area contributed by atoms with Crippen molar-refractivity contribution in [2.75, 3.05) is 26.4 Å². The number of methoxy groups -OCH3 is 3. The van der Waals surface area contributed by atoms with E-state index in [0.29, 0.717) is 11.3 Å². The van der Waals surface area contributed by atoms with Gasteiger partial charge in [0.2, 0.25) is 11.5 Å². The minimum atomic E-state index is -1.69. The van der Waals surface area contributed by atoms with E-state index in [0.717, 1.165) is 5.69 Å². The number of phenols is 1. The number of rotatable bonds is 4. The molecule has 3 aliphatic rings. The van der Waals surface area contributed by atoms with Crippen LogP contribution in [0.1, 0.15) is 22.0 Å². The molecule has 2 atom stereocenters. The summed E-state index contributed by atoms with van der Waals surface area (Å²) in [5.41, 5.74) is 1.36. The van der Waals surface area contributed by atoms with Gasteiger partial charge < -0.3 is 19.3 Å². The number of Topliss-reactive ketones (excluding diaryl/α,β-unsaturated/α-hetero) is 1. The number of nitrogens with zero attached hydrogens (tertiary/aromatic N) is 1. The van der Waals surface area contributed by atoms with Gasteiger partial charge in [0, 0.05) is 7.11 Å². The summed E-state index contributed by atoms with van der Waals surface area (Å²) in [6.07, 6.45) is 3.38. The standard InChI is InChI=1S/C20H19NO6/c1-24-15-11-13-14-9-10-20(26-3,19(23)16(13)17(22)18(15)25-2)27-21(14)12-7-5-4-6-8-12/h4-11,14,22H,1-3H3/t14-,20+/m1/s1. The highest BCUT2D eigenvalue weighted by molar-refractivity contribution is 6.08. The molecule has 1 aliphatic carbocycles. The lowest BCUT2D eigenvalue weighted by molar-refractivity contribution is -0.169. The maximum Gasteiger partial charge on any atom is 0.277 e. The van der Waals surface area contributed by atoms with Crippen LogP contribution in [0.5, 0.6) is 17.2 Å². The first-order valence-electron chi connectivity index (χ1n) is 8.37. The van der Waals surface area contributed by atoms with Gasteiger partial charge in [-0.2, -0.15) is 0 Å². The fraction of sp³-hybridized carbons (Fsp3) is 0.250. The monoisotopic (exact) mass is 369 g/mol. The van der Waals surface area contributed by atoms with E-state index in [1.54, 1.807) is 17.2 Å². The van der Waals surface area contributed by atoms with Gasteiger partial charge in [0.05, 0.1) is 25.5 Å². The normalized spacial score (nSPS) is 23.1. The Balaban J connectivity index is 2.00. The van der Waals surface area contributed by atoms with Crippen molar-refractivity contribution in [1.29, 1.82) is 0 Å². The van der Waals surface area contributed by atoms with Crippen molar-refractivity contribution in [2.45, 2.75) is 11.8 Å². The second-order valence-corrected chi connectivity index (χ2v) is 6.18. The topological polar surface area (TPSA) is 77.5 Å². The van der Waals surface area contributed by atoms with E-state index in [1.807, 2.05) is 36.4 Å². The Hall–Kier alpha value is -3.03. The molecule has 7 heteroatoms. The number of ketones is 1. The van der Waals surface area contributed by atoms with Gasteiger partial charge in [0.15, 0.2) is 11.5 Å². The van der Waals surface area contributed by atoms with E-state index in [9.17, 15) is 9.90 Å². The highest BCUT2D eigenvalue weighted by Crippen LogP contribution is 2.50. The third-order valence-corrected chi connectivity index (χ3v) is 4.84. The van der Waals surface area contributed by atoms with E-state index >= 15 is 0 Å². The summed E-state index contributed by atoms with van der Waals surface area (Å²) >= 11 is 0. The van der Waals surface area contributed by atoms with Gasteiger partial charge in [0.1, 0.15) is 6.04 Å². The Labute approximate surface area is 156 Å². The summed E-state index contributed by atoms with van der Waals surface area (Å²) in [6, 6.07) is 10.6. The van der Waals surface area contributed by atoms with Crippen molar-refractivity contribution >= 4 is 11.5 Å². The zero-order valence-corrected chi connectivity index (χ0v) is 15.1. The number of hydroxylamine groups is 1. The van der Waals surface area contributed by atoms with Crippen LogP contribution in [-0.4, -0.2) is 38.0 Å². The van der Waals surface area contributed by atoms with Gasteiger partial charge in [-0.3, -0.25) is 4.79 Å². The molecule has 0 saturated carbocycles. The van der Waals surface area contributed by atoms with Crippen LogP contribution in [0.3, 0.4) is 0 Å². The lowest BCUT2D eigenvalue weighted by Gasteiger charge is -2.38. The van der Waals surface area contributed by atoms with Gasteiger partial charge in [-0.1, -0.05) is 24.3 Å². The molecule has 7 nitrogen and oxygen atoms in total. The zero-order chi connectivity index (χ0) is 19.2. The lowest BCUT2D eigenvalue weighted by atomic mass is 9.95. The van der Waals surface area contributed by atoms with Crippen LogP contribution < -0.4 is 14.5 Å². The average molecular weight is 369 g/mol. The van der Waals surface area contributed by atoms with Crippen LogP contribution in [0.4, 0.5) is 5.69 Å². The molecule has 5 rings (SSSR count). The molecule has 2 aliphatic heterocycles. The van der Waals surface area contributed by atoms with Crippen LogP contribution >= 0.6 is 0 Å². The third-order valence-electron chi connectivity index (χ3n) is 4.84. The molecule has 1 N–H and O–H groups in total.